The van der Waals surface area contributed by atoms with Gasteiger partial charge < -0.3 is 4.74 Å². The molecule has 23 heavy (non-hydrogen) atoms. The van der Waals surface area contributed by atoms with Crippen molar-refractivity contribution in [1.82, 2.24) is 8.59 Å². The van der Waals surface area contributed by atoms with Gasteiger partial charge in [0.05, 0.1) is 5.70 Å². The Hall–Kier alpha value is -0.130. The van der Waals surface area contributed by atoms with Crippen molar-refractivity contribution >= 4 is 56.5 Å². The van der Waals surface area contributed by atoms with Crippen molar-refractivity contribution in [3.8, 4) is 0 Å². The van der Waals surface area contributed by atoms with Gasteiger partial charge in [0.2, 0.25) is 0 Å². The molecular formula is C14H27IN2O4S2. The molecule has 0 aromatic heterocycles. The molecule has 1 fully saturated rings. The minimum atomic E-state index is -0.865. The van der Waals surface area contributed by atoms with Crippen molar-refractivity contribution in [2.75, 3.05) is 24.7 Å². The first-order valence-electron chi connectivity index (χ1n) is 7.58. The lowest BCUT2D eigenvalue weighted by Crippen LogP contribution is -2.27. The average Bonchev–Trinajstić information content (AvgIpc) is 2.89. The third kappa shape index (κ3) is 12.9. The highest BCUT2D eigenvalue weighted by Gasteiger charge is 2.28. The summed E-state index contributed by atoms with van der Waals surface area (Å²) >= 11 is 2.09. The number of halogens is 1. The van der Waals surface area contributed by atoms with Gasteiger partial charge in [-0.3, -0.25) is 13.2 Å². The fourth-order valence-corrected chi connectivity index (χ4v) is 3.57. The summed E-state index contributed by atoms with van der Waals surface area (Å²) in [5.41, 5.74) is 0.484. The fourth-order valence-electron chi connectivity index (χ4n) is 1.20. The molecule has 1 heterocycles. The lowest BCUT2D eigenvalue weighted by molar-refractivity contribution is -0.157. The van der Waals surface area contributed by atoms with Crippen LogP contribution in [0.25, 0.3) is 0 Å². The van der Waals surface area contributed by atoms with E-state index in [0.29, 0.717) is 24.3 Å². The smallest absolute Gasteiger partial charge is 0.432 e. The van der Waals surface area contributed by atoms with E-state index in [-0.39, 0.29) is 12.5 Å². The van der Waals surface area contributed by atoms with Crippen molar-refractivity contribution in [3.05, 3.63) is 12.3 Å². The summed E-state index contributed by atoms with van der Waals surface area (Å²) in [5.74, 6) is 1.40. The van der Waals surface area contributed by atoms with Gasteiger partial charge in [-0.2, -0.15) is 0 Å². The number of nitrogens with one attached hydrogen (secondary N) is 1. The number of hydrogen-bond donors (Lipinski definition) is 1. The molecule has 0 radical (unpaired) electrons. The van der Waals surface area contributed by atoms with Crippen molar-refractivity contribution in [3.63, 3.8) is 0 Å². The number of allylic oxidation sites excluding steroid dienone is 1. The summed E-state index contributed by atoms with van der Waals surface area (Å²) in [4.78, 5) is 27.4. The van der Waals surface area contributed by atoms with Gasteiger partial charge in [0, 0.05) is 47.3 Å². The molecule has 0 aromatic carbocycles. The molecular weight excluding hydrogens is 451 g/mol. The minimum absolute atomic E-state index is 0.253. The first-order chi connectivity index (χ1) is 11.1. The molecule has 136 valence electrons. The number of nitrogens with zero attached hydrogens (tertiary/aromatic N) is 1. The molecule has 1 saturated heterocycles. The standard InChI is InChI=1S/C10H15IN2O4S2.2C2H6/c1-8-2-3-9(14)13(8)17-10(15)16-5-7-19-18-6-4-12-11;2*1-2/h12H,1-7H2;2*1-2H3. The maximum absolute atomic E-state index is 11.3. The van der Waals surface area contributed by atoms with Crippen LogP contribution in [0.2, 0.25) is 0 Å². The monoisotopic (exact) mass is 478 g/mol. The lowest BCUT2D eigenvalue weighted by Gasteiger charge is -2.15. The van der Waals surface area contributed by atoms with Gasteiger partial charge in [0.25, 0.3) is 5.91 Å². The predicted octanol–water partition coefficient (Wildman–Crippen LogP) is 4.56. The van der Waals surface area contributed by atoms with Crippen LogP contribution in [0.4, 0.5) is 4.79 Å². The van der Waals surface area contributed by atoms with Crippen molar-refractivity contribution in [1.29, 1.82) is 0 Å². The zero-order valence-electron chi connectivity index (χ0n) is 14.2. The predicted molar refractivity (Wildman–Crippen MR) is 107 cm³/mol. The highest BCUT2D eigenvalue weighted by atomic mass is 127. The van der Waals surface area contributed by atoms with E-state index in [1.807, 2.05) is 27.7 Å². The number of amides is 1. The van der Waals surface area contributed by atoms with Gasteiger partial charge in [0.1, 0.15) is 6.61 Å². The second kappa shape index (κ2) is 18.2. The highest BCUT2D eigenvalue weighted by molar-refractivity contribution is 14.1. The Morgan fingerprint density at radius 3 is 2.39 bits per heavy atom. The molecule has 1 amide bonds. The molecule has 1 rings (SSSR count). The summed E-state index contributed by atoms with van der Waals surface area (Å²) in [6, 6.07) is 0. The molecule has 0 atom stereocenters. The topological polar surface area (TPSA) is 67.9 Å². The van der Waals surface area contributed by atoms with Crippen molar-refractivity contribution < 1.29 is 19.2 Å². The van der Waals surface area contributed by atoms with E-state index in [2.05, 4.69) is 33.0 Å². The Kier molecular flexibility index (Phi) is 19.9. The first kappa shape index (κ1) is 25.1. The SMILES string of the molecule is C=C1CCC(=O)N1OC(=O)OCCSSCCNI.CC.CC. The Balaban J connectivity index is 0. The number of carbonyl (C=O) groups is 2. The van der Waals surface area contributed by atoms with Crippen LogP contribution in [-0.4, -0.2) is 41.8 Å². The van der Waals surface area contributed by atoms with E-state index in [1.54, 1.807) is 21.6 Å². The number of rotatable bonds is 8. The Labute approximate surface area is 161 Å². The summed E-state index contributed by atoms with van der Waals surface area (Å²) in [6.45, 7) is 12.8. The number of hydroxylamine groups is 2. The first-order valence-corrected chi connectivity index (χ1v) is 11.1. The molecule has 9 heteroatoms. The summed E-state index contributed by atoms with van der Waals surface area (Å²) < 4.78 is 7.87. The number of hydrogen-bond acceptors (Lipinski definition) is 7. The van der Waals surface area contributed by atoms with Gasteiger partial charge in [-0.05, 0) is 6.42 Å². The zero-order valence-corrected chi connectivity index (χ0v) is 18.0. The van der Waals surface area contributed by atoms with E-state index in [0.717, 1.165) is 17.4 Å². The Morgan fingerprint density at radius 1 is 1.26 bits per heavy atom. The quantitative estimate of drug-likeness (QED) is 0.180. The molecule has 6 nitrogen and oxygen atoms in total. The molecule has 1 N–H and O–H groups in total. The zero-order chi connectivity index (χ0) is 18.1. The van der Waals surface area contributed by atoms with Gasteiger partial charge >= 0.3 is 6.16 Å². The van der Waals surface area contributed by atoms with Gasteiger partial charge in [0.15, 0.2) is 0 Å². The maximum Gasteiger partial charge on any atom is 0.533 e. The second-order valence-corrected chi connectivity index (χ2v) is 6.94. The minimum Gasteiger partial charge on any atom is -0.432 e. The molecule has 0 spiro atoms. The van der Waals surface area contributed by atoms with Gasteiger partial charge in [-0.1, -0.05) is 55.9 Å². The van der Waals surface area contributed by atoms with Crippen molar-refractivity contribution in [2.24, 2.45) is 0 Å². The number of carbonyl (C=O) groups excluding carboxylic acids is 2. The van der Waals surface area contributed by atoms with E-state index in [9.17, 15) is 9.59 Å². The fraction of sp³-hybridized carbons (Fsp3) is 0.714. The Bertz CT molecular complexity index is 331. The summed E-state index contributed by atoms with van der Waals surface area (Å²) in [6.07, 6.45) is -0.0247. The second-order valence-electron chi connectivity index (χ2n) is 3.47. The van der Waals surface area contributed by atoms with E-state index in [4.69, 9.17) is 9.57 Å². The maximum atomic E-state index is 11.3. The van der Waals surface area contributed by atoms with Crippen LogP contribution in [0, 0.1) is 0 Å². The van der Waals surface area contributed by atoms with Crippen LogP contribution in [-0.2, 0) is 14.4 Å². The molecule has 0 aliphatic carbocycles. The summed E-state index contributed by atoms with van der Waals surface area (Å²) in [7, 11) is 3.32. The lowest BCUT2D eigenvalue weighted by atomic mass is 10.3. The van der Waals surface area contributed by atoms with Crippen molar-refractivity contribution in [2.45, 2.75) is 40.5 Å². The highest BCUT2D eigenvalue weighted by Crippen LogP contribution is 2.22. The largest absolute Gasteiger partial charge is 0.533 e. The molecule has 1 aliphatic heterocycles. The molecule has 0 bridgehead atoms. The van der Waals surface area contributed by atoms with E-state index < -0.39 is 6.16 Å². The molecule has 0 aromatic rings. The third-order valence-corrected chi connectivity index (χ3v) is 4.97. The number of ether oxygens (including phenoxy) is 1. The van der Waals surface area contributed by atoms with E-state index in [1.165, 1.54) is 0 Å². The summed E-state index contributed by atoms with van der Waals surface area (Å²) in [5, 5.41) is 0.913. The van der Waals surface area contributed by atoms with Crippen LogP contribution >= 0.6 is 44.5 Å². The van der Waals surface area contributed by atoms with Crippen LogP contribution in [0.5, 0.6) is 0 Å². The third-order valence-electron chi connectivity index (χ3n) is 2.06. The van der Waals surface area contributed by atoms with Crippen LogP contribution in [0.3, 0.4) is 0 Å². The van der Waals surface area contributed by atoms with Crippen LogP contribution < -0.4 is 3.53 Å². The normalized spacial score (nSPS) is 12.8. The Morgan fingerprint density at radius 2 is 1.87 bits per heavy atom. The molecule has 1 aliphatic rings. The van der Waals surface area contributed by atoms with Crippen LogP contribution in [0.15, 0.2) is 12.3 Å². The van der Waals surface area contributed by atoms with Gasteiger partial charge in [-0.25, -0.2) is 4.79 Å². The molecule has 0 unspecified atom stereocenters. The van der Waals surface area contributed by atoms with Crippen LogP contribution in [0.1, 0.15) is 40.5 Å². The molecule has 0 saturated carbocycles. The van der Waals surface area contributed by atoms with E-state index >= 15 is 0 Å². The average molecular weight is 478 g/mol. The van der Waals surface area contributed by atoms with Gasteiger partial charge in [-0.15, -0.1) is 5.06 Å².